The van der Waals surface area contributed by atoms with Gasteiger partial charge in [0.15, 0.2) is 0 Å². The summed E-state index contributed by atoms with van der Waals surface area (Å²) in [6.07, 6.45) is 7.88. The summed E-state index contributed by atoms with van der Waals surface area (Å²) in [6, 6.07) is 13.7. The lowest BCUT2D eigenvalue weighted by Crippen LogP contribution is -2.37. The molecule has 36 heavy (non-hydrogen) atoms. The van der Waals surface area contributed by atoms with Crippen LogP contribution in [0.4, 0.5) is 4.79 Å². The van der Waals surface area contributed by atoms with Crippen molar-refractivity contribution in [2.75, 3.05) is 13.1 Å². The fraction of sp³-hybridized carbons (Fsp3) is 0.321. The second-order valence-corrected chi connectivity index (χ2v) is 11.1. The van der Waals surface area contributed by atoms with Crippen LogP contribution in [0.3, 0.4) is 0 Å². The van der Waals surface area contributed by atoms with Gasteiger partial charge in [-0.05, 0) is 66.8 Å². The first-order valence-electron chi connectivity index (χ1n) is 12.3. The minimum Gasteiger partial charge on any atom is -0.341 e. The van der Waals surface area contributed by atoms with Gasteiger partial charge in [0.05, 0.1) is 17.0 Å². The van der Waals surface area contributed by atoms with Gasteiger partial charge in [0, 0.05) is 34.7 Å². The lowest BCUT2D eigenvalue weighted by Gasteiger charge is -2.27. The predicted molar refractivity (Wildman–Crippen MR) is 147 cm³/mol. The largest absolute Gasteiger partial charge is 0.341 e. The smallest absolute Gasteiger partial charge is 0.293 e. The third-order valence-corrected chi connectivity index (χ3v) is 8.26. The first-order chi connectivity index (χ1) is 17.4. The van der Waals surface area contributed by atoms with Gasteiger partial charge in [0.2, 0.25) is 5.91 Å². The van der Waals surface area contributed by atoms with Crippen molar-refractivity contribution in [1.82, 2.24) is 14.4 Å². The van der Waals surface area contributed by atoms with E-state index in [4.69, 9.17) is 0 Å². The number of benzene rings is 2. The summed E-state index contributed by atoms with van der Waals surface area (Å²) in [4.78, 5) is 42.6. The number of amides is 3. The minimum atomic E-state index is -0.287. The normalized spacial score (nSPS) is 17.6. The second kappa shape index (κ2) is 10.6. The van der Waals surface area contributed by atoms with Crippen LogP contribution in [-0.4, -0.2) is 44.5 Å². The van der Waals surface area contributed by atoms with Crippen LogP contribution in [0.15, 0.2) is 58.0 Å². The maximum atomic E-state index is 13.2. The Morgan fingerprint density at radius 3 is 2.53 bits per heavy atom. The van der Waals surface area contributed by atoms with Crippen molar-refractivity contribution in [1.29, 1.82) is 0 Å². The number of thioether (sulfide) groups is 1. The minimum absolute atomic E-state index is 0.124. The van der Waals surface area contributed by atoms with Crippen LogP contribution in [0.2, 0.25) is 0 Å². The second-order valence-electron chi connectivity index (χ2n) is 9.21. The van der Waals surface area contributed by atoms with E-state index >= 15 is 0 Å². The Balaban J connectivity index is 1.45. The fourth-order valence-corrected chi connectivity index (χ4v) is 6.02. The third kappa shape index (κ3) is 5.02. The number of likely N-dealkylation sites (tertiary alicyclic amines) is 1. The van der Waals surface area contributed by atoms with Crippen LogP contribution in [0.25, 0.3) is 17.0 Å². The molecule has 2 aliphatic rings. The number of para-hydroxylation sites is 1. The van der Waals surface area contributed by atoms with Crippen molar-refractivity contribution in [3.63, 3.8) is 0 Å². The number of aryl methyl sites for hydroxylation is 1. The van der Waals surface area contributed by atoms with E-state index in [2.05, 4.69) is 28.9 Å². The molecule has 0 atom stereocenters. The molecule has 3 aromatic rings. The van der Waals surface area contributed by atoms with Gasteiger partial charge in [-0.2, -0.15) is 0 Å². The molecule has 0 radical (unpaired) electrons. The molecule has 186 valence electrons. The lowest BCUT2D eigenvalue weighted by molar-refractivity contribution is -0.132. The van der Waals surface area contributed by atoms with Crippen molar-refractivity contribution in [2.45, 2.75) is 45.7 Å². The van der Waals surface area contributed by atoms with Crippen LogP contribution < -0.4 is 0 Å². The zero-order chi connectivity index (χ0) is 25.2. The summed E-state index contributed by atoms with van der Waals surface area (Å²) < 4.78 is 2.96. The number of rotatable bonds is 6. The standard InChI is InChI=1S/C28H28BrN3O3S/c1-2-20-7-6-8-23-21(17-31(26(20)23)18-25(33)30-13-4-3-5-14-30)15-24-27(34)32(28(35)36-24)16-19-9-11-22(29)12-10-19/h6-12,15,17H,2-5,13-14,16,18H2,1H3/b24-15-. The maximum absolute atomic E-state index is 13.2. The van der Waals surface area contributed by atoms with E-state index in [1.165, 1.54) is 11.3 Å². The quantitative estimate of drug-likeness (QED) is 0.333. The molecule has 0 N–H and O–H groups in total. The molecule has 5 rings (SSSR count). The van der Waals surface area contributed by atoms with Gasteiger partial charge < -0.3 is 9.47 Å². The summed E-state index contributed by atoms with van der Waals surface area (Å²) >= 11 is 4.38. The summed E-state index contributed by atoms with van der Waals surface area (Å²) in [6.45, 7) is 4.24. The third-order valence-electron chi connectivity index (χ3n) is 6.82. The van der Waals surface area contributed by atoms with Crippen molar-refractivity contribution >= 4 is 61.7 Å². The highest BCUT2D eigenvalue weighted by Crippen LogP contribution is 2.36. The average Bonchev–Trinajstić information content (AvgIpc) is 3.37. The molecule has 0 spiro atoms. The number of imide groups is 1. The van der Waals surface area contributed by atoms with Gasteiger partial charge >= 0.3 is 0 Å². The molecular weight excluding hydrogens is 538 g/mol. The lowest BCUT2D eigenvalue weighted by atomic mass is 10.1. The van der Waals surface area contributed by atoms with Gasteiger partial charge in [0.25, 0.3) is 11.1 Å². The SMILES string of the molecule is CCc1cccc2c(/C=C3\SC(=O)N(Cc4ccc(Br)cc4)C3=O)cn(CC(=O)N3CCCCC3)c12. The fourth-order valence-electron chi connectivity index (χ4n) is 4.93. The van der Waals surface area contributed by atoms with Gasteiger partial charge in [-0.3, -0.25) is 19.3 Å². The number of hydrogen-bond donors (Lipinski definition) is 0. The molecule has 2 aliphatic heterocycles. The molecule has 3 amide bonds. The Morgan fingerprint density at radius 1 is 1.06 bits per heavy atom. The Morgan fingerprint density at radius 2 is 1.81 bits per heavy atom. The van der Waals surface area contributed by atoms with E-state index < -0.39 is 0 Å². The Hall–Kier alpha value is -2.84. The number of hydrogen-bond acceptors (Lipinski definition) is 4. The van der Waals surface area contributed by atoms with E-state index in [0.717, 1.165) is 76.2 Å². The highest BCUT2D eigenvalue weighted by atomic mass is 79.9. The van der Waals surface area contributed by atoms with Gasteiger partial charge in [-0.1, -0.05) is 53.2 Å². The molecule has 2 saturated heterocycles. The van der Waals surface area contributed by atoms with Crippen LogP contribution in [0.5, 0.6) is 0 Å². The van der Waals surface area contributed by atoms with E-state index in [9.17, 15) is 14.4 Å². The number of carbonyl (C=O) groups excluding carboxylic acids is 3. The van der Waals surface area contributed by atoms with E-state index in [1.807, 2.05) is 52.1 Å². The molecule has 8 heteroatoms. The van der Waals surface area contributed by atoms with Crippen molar-refractivity contribution in [3.8, 4) is 0 Å². The zero-order valence-electron chi connectivity index (χ0n) is 20.2. The van der Waals surface area contributed by atoms with Crippen LogP contribution in [0, 0.1) is 0 Å². The first-order valence-corrected chi connectivity index (χ1v) is 13.9. The topological polar surface area (TPSA) is 62.6 Å². The van der Waals surface area contributed by atoms with Crippen molar-refractivity contribution < 1.29 is 14.4 Å². The number of fused-ring (bicyclic) bond motifs is 1. The van der Waals surface area contributed by atoms with Crippen LogP contribution >= 0.6 is 27.7 Å². The number of carbonyl (C=O) groups is 3. The van der Waals surface area contributed by atoms with Crippen molar-refractivity contribution in [3.05, 3.63) is 74.7 Å². The summed E-state index contributed by atoms with van der Waals surface area (Å²) in [5.41, 5.74) is 3.91. The molecule has 0 bridgehead atoms. The molecular formula is C28H28BrN3O3S. The van der Waals surface area contributed by atoms with E-state index in [1.54, 1.807) is 6.08 Å². The Kier molecular flexibility index (Phi) is 7.34. The molecule has 0 unspecified atom stereocenters. The maximum Gasteiger partial charge on any atom is 0.293 e. The molecule has 3 heterocycles. The number of nitrogens with zero attached hydrogens (tertiary/aromatic N) is 3. The zero-order valence-corrected chi connectivity index (χ0v) is 22.6. The molecule has 6 nitrogen and oxygen atoms in total. The van der Waals surface area contributed by atoms with E-state index in [0.29, 0.717) is 4.91 Å². The Bertz CT molecular complexity index is 1360. The summed E-state index contributed by atoms with van der Waals surface area (Å²) in [5, 5.41) is 0.716. The molecule has 1 aromatic heterocycles. The van der Waals surface area contributed by atoms with Crippen LogP contribution in [-0.2, 0) is 29.1 Å². The number of piperidine rings is 1. The molecule has 0 saturated carbocycles. The average molecular weight is 567 g/mol. The first kappa shape index (κ1) is 24.8. The van der Waals surface area contributed by atoms with Gasteiger partial charge in [-0.25, -0.2) is 0 Å². The van der Waals surface area contributed by atoms with Gasteiger partial charge in [0.1, 0.15) is 6.54 Å². The number of aromatic nitrogens is 1. The highest BCUT2D eigenvalue weighted by molar-refractivity contribution is 9.10. The molecule has 0 aliphatic carbocycles. The predicted octanol–water partition coefficient (Wildman–Crippen LogP) is 6.22. The van der Waals surface area contributed by atoms with E-state index in [-0.39, 0.29) is 30.1 Å². The van der Waals surface area contributed by atoms with Crippen LogP contribution in [0.1, 0.15) is 42.9 Å². The molecule has 2 aromatic carbocycles. The van der Waals surface area contributed by atoms with Crippen molar-refractivity contribution in [2.24, 2.45) is 0 Å². The summed E-state index contributed by atoms with van der Waals surface area (Å²) in [7, 11) is 0. The Labute approximate surface area is 223 Å². The highest BCUT2D eigenvalue weighted by Gasteiger charge is 2.35. The van der Waals surface area contributed by atoms with Gasteiger partial charge in [-0.15, -0.1) is 0 Å². The molecule has 2 fully saturated rings. The monoisotopic (exact) mass is 565 g/mol. The summed E-state index contributed by atoms with van der Waals surface area (Å²) in [5.74, 6) is -0.163. The number of halogens is 1.